The lowest BCUT2D eigenvalue weighted by atomic mass is 10.1. The Hall–Kier alpha value is -0.420. The first-order valence-corrected chi connectivity index (χ1v) is 6.76. The fourth-order valence-corrected chi connectivity index (χ4v) is 1.90. The summed E-state index contributed by atoms with van der Waals surface area (Å²) in [5.74, 6) is -0.255. The average molecular weight is 204 g/mol. The highest BCUT2D eigenvalue weighted by Gasteiger charge is 2.20. The minimum atomic E-state index is -2.29. The van der Waals surface area contributed by atoms with Gasteiger partial charge in [-0.05, 0) is 19.4 Å². The fraction of sp³-hybridized carbons (Fsp3) is 0.875. The van der Waals surface area contributed by atoms with Gasteiger partial charge in [-0.15, -0.1) is 0 Å². The highest BCUT2D eigenvalue weighted by atomic mass is 32.2. The zero-order valence-corrected chi connectivity index (χ0v) is 8.89. The molecular formula is C8H16N2O2S. The average Bonchev–Trinajstić information content (AvgIpc) is 2.03. The Balaban J connectivity index is 2.62. The third-order valence-electron chi connectivity index (χ3n) is 1.92. The Morgan fingerprint density at radius 2 is 2.15 bits per heavy atom. The van der Waals surface area contributed by atoms with Gasteiger partial charge in [0.2, 0.25) is 0 Å². The second kappa shape index (κ2) is 4.19. The van der Waals surface area contributed by atoms with Crippen molar-refractivity contribution in [2.45, 2.75) is 25.3 Å². The Kier molecular flexibility index (Phi) is 3.44. The zero-order chi connectivity index (χ0) is 9.90. The maximum Gasteiger partial charge on any atom is 0.270 e. The Labute approximate surface area is 79.3 Å². The summed E-state index contributed by atoms with van der Waals surface area (Å²) in [5.41, 5.74) is 0. The van der Waals surface area contributed by atoms with E-state index in [1.807, 2.05) is 0 Å². The van der Waals surface area contributed by atoms with Gasteiger partial charge in [-0.2, -0.15) is 4.36 Å². The number of nitrogens with one attached hydrogen (secondary N) is 1. The minimum Gasteiger partial charge on any atom is -0.306 e. The number of carbonyl (C=O) groups excluding carboxylic acids is 1. The van der Waals surface area contributed by atoms with E-state index in [0.29, 0.717) is 0 Å². The summed E-state index contributed by atoms with van der Waals surface area (Å²) >= 11 is 0. The van der Waals surface area contributed by atoms with Gasteiger partial charge in [0.1, 0.15) is 0 Å². The first-order chi connectivity index (χ1) is 5.99. The van der Waals surface area contributed by atoms with Crippen LogP contribution in [0.15, 0.2) is 4.36 Å². The van der Waals surface area contributed by atoms with Crippen molar-refractivity contribution in [3.63, 3.8) is 0 Å². The van der Waals surface area contributed by atoms with Crippen LogP contribution in [-0.2, 0) is 14.5 Å². The summed E-state index contributed by atoms with van der Waals surface area (Å²) in [6.45, 7) is 0.862. The summed E-state index contributed by atoms with van der Waals surface area (Å²) in [5, 5.41) is 3.07. The predicted molar refractivity (Wildman–Crippen MR) is 53.1 cm³/mol. The van der Waals surface area contributed by atoms with Crippen LogP contribution in [0, 0.1) is 0 Å². The molecule has 0 spiro atoms. The fourth-order valence-electron chi connectivity index (χ4n) is 1.34. The van der Waals surface area contributed by atoms with E-state index in [2.05, 4.69) is 9.68 Å². The maximum atomic E-state index is 11.4. The molecule has 1 saturated heterocycles. The van der Waals surface area contributed by atoms with Gasteiger partial charge in [-0.3, -0.25) is 4.79 Å². The maximum absolute atomic E-state index is 11.4. The lowest BCUT2D eigenvalue weighted by Crippen LogP contribution is -2.39. The molecule has 0 radical (unpaired) electrons. The van der Waals surface area contributed by atoms with Gasteiger partial charge in [0, 0.05) is 22.2 Å². The molecule has 1 unspecified atom stereocenters. The van der Waals surface area contributed by atoms with Gasteiger partial charge < -0.3 is 5.32 Å². The molecular weight excluding hydrogens is 188 g/mol. The van der Waals surface area contributed by atoms with Crippen molar-refractivity contribution in [3.05, 3.63) is 0 Å². The van der Waals surface area contributed by atoms with Crippen LogP contribution in [0.3, 0.4) is 0 Å². The smallest absolute Gasteiger partial charge is 0.270 e. The molecule has 13 heavy (non-hydrogen) atoms. The number of carbonyl (C=O) groups is 1. The SMILES string of the molecule is CS(C)(=O)=NC(=O)C1CCCCN1. The molecule has 1 fully saturated rings. The molecule has 0 saturated carbocycles. The summed E-state index contributed by atoms with van der Waals surface area (Å²) in [4.78, 5) is 11.4. The second-order valence-electron chi connectivity index (χ2n) is 3.61. The molecule has 1 rings (SSSR count). The van der Waals surface area contributed by atoms with Crippen molar-refractivity contribution in [1.29, 1.82) is 0 Å². The van der Waals surface area contributed by atoms with Gasteiger partial charge in [-0.1, -0.05) is 6.42 Å². The first-order valence-electron chi connectivity index (χ1n) is 4.43. The lowest BCUT2D eigenvalue weighted by molar-refractivity contribution is -0.120. The normalized spacial score (nSPS) is 24.0. The number of piperidine rings is 1. The summed E-state index contributed by atoms with van der Waals surface area (Å²) < 4.78 is 14.9. The molecule has 0 bridgehead atoms. The van der Waals surface area contributed by atoms with E-state index in [1.165, 1.54) is 12.5 Å². The van der Waals surface area contributed by atoms with E-state index in [4.69, 9.17) is 0 Å². The van der Waals surface area contributed by atoms with Gasteiger partial charge in [-0.25, -0.2) is 4.21 Å². The van der Waals surface area contributed by atoms with Crippen LogP contribution in [0.1, 0.15) is 19.3 Å². The van der Waals surface area contributed by atoms with Gasteiger partial charge in [0.25, 0.3) is 5.91 Å². The Morgan fingerprint density at radius 1 is 1.46 bits per heavy atom. The van der Waals surface area contributed by atoms with Crippen LogP contribution in [0.2, 0.25) is 0 Å². The van der Waals surface area contributed by atoms with E-state index in [0.717, 1.165) is 25.8 Å². The topological polar surface area (TPSA) is 58.5 Å². The molecule has 76 valence electrons. The molecule has 1 aliphatic rings. The van der Waals surface area contributed by atoms with E-state index >= 15 is 0 Å². The lowest BCUT2D eigenvalue weighted by Gasteiger charge is -2.19. The van der Waals surface area contributed by atoms with Gasteiger partial charge in [0.15, 0.2) is 0 Å². The van der Waals surface area contributed by atoms with Crippen molar-refractivity contribution in [3.8, 4) is 0 Å². The number of rotatable bonds is 1. The van der Waals surface area contributed by atoms with Crippen LogP contribution in [0.4, 0.5) is 0 Å². The molecule has 0 aliphatic carbocycles. The summed E-state index contributed by atoms with van der Waals surface area (Å²) in [6, 6.07) is -0.200. The molecule has 1 amide bonds. The molecule has 5 heteroatoms. The molecule has 1 N–H and O–H groups in total. The van der Waals surface area contributed by atoms with E-state index in [-0.39, 0.29) is 11.9 Å². The van der Waals surface area contributed by atoms with Crippen molar-refractivity contribution in [2.75, 3.05) is 19.1 Å². The monoisotopic (exact) mass is 204 g/mol. The van der Waals surface area contributed by atoms with Crippen LogP contribution in [-0.4, -0.2) is 35.2 Å². The molecule has 1 atom stereocenters. The van der Waals surface area contributed by atoms with Gasteiger partial charge in [0.05, 0.1) is 6.04 Å². The molecule has 0 aromatic carbocycles. The van der Waals surface area contributed by atoms with Crippen molar-refractivity contribution < 1.29 is 9.00 Å². The molecule has 0 aromatic rings. The Bertz CT molecular complexity index is 291. The van der Waals surface area contributed by atoms with Crippen LogP contribution < -0.4 is 5.32 Å². The highest BCUT2D eigenvalue weighted by Crippen LogP contribution is 2.08. The van der Waals surface area contributed by atoms with Crippen molar-refractivity contribution in [2.24, 2.45) is 4.36 Å². The van der Waals surface area contributed by atoms with Crippen molar-refractivity contribution in [1.82, 2.24) is 5.32 Å². The minimum absolute atomic E-state index is 0.200. The highest BCUT2D eigenvalue weighted by molar-refractivity contribution is 7.92. The van der Waals surface area contributed by atoms with Crippen LogP contribution in [0.25, 0.3) is 0 Å². The number of hydrogen-bond donors (Lipinski definition) is 1. The number of hydrogen-bond acceptors (Lipinski definition) is 3. The first kappa shape index (κ1) is 10.7. The zero-order valence-electron chi connectivity index (χ0n) is 8.08. The summed E-state index contributed by atoms with van der Waals surface area (Å²) in [6.07, 6.45) is 5.93. The number of amides is 1. The molecule has 1 heterocycles. The predicted octanol–water partition coefficient (Wildman–Crippen LogP) is 0.383. The largest absolute Gasteiger partial charge is 0.306 e. The van der Waals surface area contributed by atoms with E-state index in [1.54, 1.807) is 0 Å². The third-order valence-corrected chi connectivity index (χ3v) is 2.54. The second-order valence-corrected chi connectivity index (χ2v) is 6.16. The molecule has 1 aliphatic heterocycles. The summed E-state index contributed by atoms with van der Waals surface area (Å²) in [7, 11) is -2.29. The molecule has 0 aromatic heterocycles. The van der Waals surface area contributed by atoms with Crippen LogP contribution >= 0.6 is 0 Å². The van der Waals surface area contributed by atoms with Gasteiger partial charge >= 0.3 is 0 Å². The van der Waals surface area contributed by atoms with Crippen molar-refractivity contribution >= 4 is 15.6 Å². The third kappa shape index (κ3) is 3.87. The molecule has 4 nitrogen and oxygen atoms in total. The quantitative estimate of drug-likeness (QED) is 0.672. The standard InChI is InChI=1S/C8H16N2O2S/c1-13(2,12)10-8(11)7-5-3-4-6-9-7/h7,9H,3-6H2,1-2H3. The van der Waals surface area contributed by atoms with Crippen LogP contribution in [0.5, 0.6) is 0 Å². The van der Waals surface area contributed by atoms with E-state index in [9.17, 15) is 9.00 Å². The van der Waals surface area contributed by atoms with E-state index < -0.39 is 9.73 Å². The Morgan fingerprint density at radius 3 is 2.62 bits per heavy atom. The number of nitrogens with zero attached hydrogens (tertiary/aromatic N) is 1.